The summed E-state index contributed by atoms with van der Waals surface area (Å²) >= 11 is 0. The number of aliphatic hydroxyl groups excluding tert-OH is 1. The molecule has 5 nitrogen and oxygen atoms in total. The molecule has 0 aliphatic carbocycles. The summed E-state index contributed by atoms with van der Waals surface area (Å²) < 4.78 is 10.8. The molecule has 0 aromatic carbocycles. The number of hydrogen-bond donors (Lipinski definition) is 1. The van der Waals surface area contributed by atoms with Crippen molar-refractivity contribution in [2.24, 2.45) is 0 Å². The summed E-state index contributed by atoms with van der Waals surface area (Å²) in [4.78, 5) is 24.6. The second-order valence-electron chi connectivity index (χ2n) is 22.2. The van der Waals surface area contributed by atoms with E-state index in [0.717, 1.165) is 44.9 Å². The van der Waals surface area contributed by atoms with Crippen LogP contribution in [0.4, 0.5) is 0 Å². The molecule has 0 bridgehead atoms. The van der Waals surface area contributed by atoms with Crippen LogP contribution in [0.5, 0.6) is 0 Å². The number of hydrogen-bond acceptors (Lipinski definition) is 5. The molecule has 1 unspecified atom stereocenters. The highest BCUT2D eigenvalue weighted by Gasteiger charge is 2.16. The van der Waals surface area contributed by atoms with Crippen LogP contribution in [0.2, 0.25) is 0 Å². The molecule has 424 valence electrons. The fourth-order valence-electron chi connectivity index (χ4n) is 10.0. The molecule has 0 aromatic heterocycles. The highest BCUT2D eigenvalue weighted by molar-refractivity contribution is 5.70. The minimum atomic E-state index is -0.771. The lowest BCUT2D eigenvalue weighted by Gasteiger charge is -2.15. The molecule has 0 fully saturated rings. The fraction of sp³-hybridized carbons (Fsp3) is 0.881. The Balaban J connectivity index is 3.41. The Kier molecular flexibility index (Phi) is 61.8. The molecule has 0 saturated heterocycles. The van der Waals surface area contributed by atoms with Crippen LogP contribution in [0.25, 0.3) is 0 Å². The zero-order valence-electron chi connectivity index (χ0n) is 48.7. The monoisotopic (exact) mass is 1010 g/mol. The highest BCUT2D eigenvalue weighted by Crippen LogP contribution is 2.18. The summed E-state index contributed by atoms with van der Waals surface area (Å²) in [7, 11) is 0. The Labute approximate surface area is 450 Å². The van der Waals surface area contributed by atoms with Crippen molar-refractivity contribution < 1.29 is 24.2 Å². The van der Waals surface area contributed by atoms with Gasteiger partial charge in [0.25, 0.3) is 0 Å². The summed E-state index contributed by atoms with van der Waals surface area (Å²) in [5.41, 5.74) is 0. The van der Waals surface area contributed by atoms with Gasteiger partial charge < -0.3 is 14.6 Å². The lowest BCUT2D eigenvalue weighted by molar-refractivity contribution is -0.161. The van der Waals surface area contributed by atoms with E-state index < -0.39 is 6.10 Å². The zero-order valence-corrected chi connectivity index (χ0v) is 48.7. The van der Waals surface area contributed by atoms with Crippen LogP contribution in [0, 0.1) is 0 Å². The van der Waals surface area contributed by atoms with Crippen molar-refractivity contribution >= 4 is 11.9 Å². The summed E-state index contributed by atoms with van der Waals surface area (Å²) in [5.74, 6) is -0.570. The van der Waals surface area contributed by atoms with Gasteiger partial charge in [0.2, 0.25) is 0 Å². The average Bonchev–Trinajstić information content (AvgIpc) is 3.38. The third-order valence-corrected chi connectivity index (χ3v) is 14.9. The SMILES string of the molecule is CCCCCCC/C=C\C/C=C\C/C=C\CCCCCCCCCCCCCCCCC(=O)OC(CO)COC(=O)CCCCCCCCCCCCCCCCCCCCCCCCCCCCCCC. The van der Waals surface area contributed by atoms with Crippen molar-refractivity contribution in [1.82, 2.24) is 0 Å². The van der Waals surface area contributed by atoms with Gasteiger partial charge in [0.15, 0.2) is 6.10 Å². The first-order chi connectivity index (χ1) is 35.6. The van der Waals surface area contributed by atoms with Gasteiger partial charge in [-0.25, -0.2) is 0 Å². The van der Waals surface area contributed by atoms with Gasteiger partial charge in [0.05, 0.1) is 6.61 Å². The molecule has 1 atom stereocenters. The molecular formula is C67H126O5. The van der Waals surface area contributed by atoms with E-state index in [4.69, 9.17) is 9.47 Å². The Morgan fingerprint density at radius 3 is 0.833 bits per heavy atom. The maximum absolute atomic E-state index is 12.3. The van der Waals surface area contributed by atoms with Crippen molar-refractivity contribution in [2.75, 3.05) is 13.2 Å². The van der Waals surface area contributed by atoms with Crippen LogP contribution in [-0.2, 0) is 19.1 Å². The zero-order chi connectivity index (χ0) is 52.0. The van der Waals surface area contributed by atoms with Crippen LogP contribution in [0.15, 0.2) is 36.5 Å². The number of esters is 2. The van der Waals surface area contributed by atoms with E-state index in [2.05, 4.69) is 50.3 Å². The second-order valence-corrected chi connectivity index (χ2v) is 22.2. The molecule has 1 N–H and O–H groups in total. The number of ether oxygens (including phenoxy) is 2. The third-order valence-electron chi connectivity index (χ3n) is 14.9. The standard InChI is InChI=1S/C67H126O5/c1-3-5-7-9-11-13-15-17-19-21-23-25-27-29-31-33-35-37-39-41-43-45-47-49-51-53-55-57-59-61-66(69)71-64-65(63-68)72-67(70)62-60-58-56-54-52-50-48-46-44-42-40-38-36-34-32-30-28-26-24-22-20-18-16-14-12-10-8-6-4-2/h16,18,22,24,28,30,65,68H,3-15,17,19-21,23,25-27,29,31-64H2,1-2H3/b18-16-,24-22-,30-28-. The van der Waals surface area contributed by atoms with E-state index in [9.17, 15) is 14.7 Å². The van der Waals surface area contributed by atoms with Gasteiger partial charge in [0.1, 0.15) is 6.61 Å². The van der Waals surface area contributed by atoms with E-state index in [1.54, 1.807) is 0 Å². The van der Waals surface area contributed by atoms with Crippen molar-refractivity contribution in [3.63, 3.8) is 0 Å². The van der Waals surface area contributed by atoms with E-state index in [1.165, 1.54) is 289 Å². The molecule has 0 rings (SSSR count). The predicted octanol–water partition coefficient (Wildman–Crippen LogP) is 22.2. The van der Waals surface area contributed by atoms with Crippen molar-refractivity contribution in [3.05, 3.63) is 36.5 Å². The predicted molar refractivity (Wildman–Crippen MR) is 316 cm³/mol. The molecule has 0 aliphatic heterocycles. The van der Waals surface area contributed by atoms with Gasteiger partial charge in [0, 0.05) is 12.8 Å². The minimum absolute atomic E-state index is 0.0605. The lowest BCUT2D eigenvalue weighted by Crippen LogP contribution is -2.28. The van der Waals surface area contributed by atoms with E-state index in [0.29, 0.717) is 12.8 Å². The van der Waals surface area contributed by atoms with Crippen LogP contribution in [0.1, 0.15) is 361 Å². The molecule has 0 heterocycles. The first-order valence-corrected chi connectivity index (χ1v) is 32.5. The van der Waals surface area contributed by atoms with Crippen LogP contribution < -0.4 is 0 Å². The van der Waals surface area contributed by atoms with E-state index in [1.807, 2.05) is 0 Å². The molecule has 0 amide bonds. The molecule has 0 spiro atoms. The highest BCUT2D eigenvalue weighted by atomic mass is 16.6. The van der Waals surface area contributed by atoms with Crippen molar-refractivity contribution in [2.45, 2.75) is 367 Å². The molecule has 0 aromatic rings. The Bertz CT molecular complexity index is 1140. The molecule has 0 aliphatic rings. The largest absolute Gasteiger partial charge is 0.462 e. The Hall–Kier alpha value is -1.88. The smallest absolute Gasteiger partial charge is 0.306 e. The normalized spacial score (nSPS) is 12.3. The summed E-state index contributed by atoms with van der Waals surface area (Å²) in [6.07, 6.45) is 83.0. The maximum atomic E-state index is 12.3. The summed E-state index contributed by atoms with van der Waals surface area (Å²) in [6.45, 7) is 4.19. The van der Waals surface area contributed by atoms with Gasteiger partial charge >= 0.3 is 11.9 Å². The Morgan fingerprint density at radius 2 is 0.556 bits per heavy atom. The van der Waals surface area contributed by atoms with Crippen LogP contribution >= 0.6 is 0 Å². The molecule has 5 heteroatoms. The summed E-state index contributed by atoms with van der Waals surface area (Å²) in [5, 5.41) is 9.68. The quantitative estimate of drug-likeness (QED) is 0.0373. The molecule has 72 heavy (non-hydrogen) atoms. The topological polar surface area (TPSA) is 72.8 Å². The van der Waals surface area contributed by atoms with Gasteiger partial charge in [-0.1, -0.05) is 333 Å². The number of carbonyl (C=O) groups is 2. The molecular weight excluding hydrogens is 885 g/mol. The van der Waals surface area contributed by atoms with E-state index in [-0.39, 0.29) is 25.2 Å². The number of aliphatic hydroxyl groups is 1. The van der Waals surface area contributed by atoms with Crippen LogP contribution in [-0.4, -0.2) is 36.4 Å². The van der Waals surface area contributed by atoms with Gasteiger partial charge in [-0.15, -0.1) is 0 Å². The molecule has 0 saturated carbocycles. The summed E-state index contributed by atoms with van der Waals surface area (Å²) in [6, 6.07) is 0. The number of allylic oxidation sites excluding steroid dienone is 6. The number of unbranched alkanes of at least 4 members (excludes halogenated alkanes) is 47. The Morgan fingerprint density at radius 1 is 0.319 bits per heavy atom. The average molecular weight is 1010 g/mol. The van der Waals surface area contributed by atoms with Gasteiger partial charge in [-0.2, -0.15) is 0 Å². The first kappa shape index (κ1) is 70.1. The number of rotatable bonds is 61. The van der Waals surface area contributed by atoms with Crippen molar-refractivity contribution in [1.29, 1.82) is 0 Å². The van der Waals surface area contributed by atoms with Crippen LogP contribution in [0.3, 0.4) is 0 Å². The number of carbonyl (C=O) groups excluding carboxylic acids is 2. The van der Waals surface area contributed by atoms with E-state index >= 15 is 0 Å². The fourth-order valence-corrected chi connectivity index (χ4v) is 10.0. The third kappa shape index (κ3) is 60.7. The first-order valence-electron chi connectivity index (χ1n) is 32.5. The second kappa shape index (κ2) is 63.4. The molecule has 0 radical (unpaired) electrons. The van der Waals surface area contributed by atoms with Gasteiger partial charge in [-0.05, 0) is 51.4 Å². The maximum Gasteiger partial charge on any atom is 0.306 e. The minimum Gasteiger partial charge on any atom is -0.462 e. The van der Waals surface area contributed by atoms with Gasteiger partial charge in [-0.3, -0.25) is 9.59 Å². The lowest BCUT2D eigenvalue weighted by atomic mass is 10.0. The van der Waals surface area contributed by atoms with Crippen molar-refractivity contribution in [3.8, 4) is 0 Å².